The molecule has 0 radical (unpaired) electrons. The van der Waals surface area contributed by atoms with E-state index in [-0.39, 0.29) is 19.7 Å². The van der Waals surface area contributed by atoms with Gasteiger partial charge in [-0.15, -0.1) is 0 Å². The number of benzene rings is 3. The first-order chi connectivity index (χ1) is 15.0. The molecule has 32 heavy (non-hydrogen) atoms. The number of sulfonamides is 1. The van der Waals surface area contributed by atoms with Crippen LogP contribution in [-0.2, 0) is 30.4 Å². The lowest BCUT2D eigenvalue weighted by molar-refractivity contribution is -0.117. The van der Waals surface area contributed by atoms with Gasteiger partial charge in [0.2, 0.25) is 25.8 Å². The van der Waals surface area contributed by atoms with Crippen LogP contribution in [0.4, 0.5) is 4.39 Å². The van der Waals surface area contributed by atoms with Gasteiger partial charge in [-0.3, -0.25) is 9.52 Å². The van der Waals surface area contributed by atoms with Gasteiger partial charge >= 0.3 is 0 Å². The van der Waals surface area contributed by atoms with Crippen LogP contribution in [0.5, 0.6) is 0 Å². The van der Waals surface area contributed by atoms with E-state index < -0.39 is 37.3 Å². The minimum atomic E-state index is -3.90. The number of rotatable bonds is 7. The van der Waals surface area contributed by atoms with Crippen LogP contribution in [-0.4, -0.2) is 22.7 Å². The molecule has 0 heterocycles. The van der Waals surface area contributed by atoms with E-state index in [9.17, 15) is 26.0 Å². The Balaban J connectivity index is 1.87. The molecule has 1 N–H and O–H groups in total. The monoisotopic (exact) mass is 513 g/mol. The Hall–Kier alpha value is -2.40. The van der Waals surface area contributed by atoms with Crippen molar-refractivity contribution in [2.75, 3.05) is 0 Å². The summed E-state index contributed by atoms with van der Waals surface area (Å²) in [4.78, 5) is 11.5. The first-order valence-corrected chi connectivity index (χ1v) is 13.4. The molecule has 11 heteroatoms. The van der Waals surface area contributed by atoms with Gasteiger partial charge in [-0.05, 0) is 54.1 Å². The van der Waals surface area contributed by atoms with E-state index in [1.54, 1.807) is 18.2 Å². The first kappa shape index (κ1) is 24.2. The summed E-state index contributed by atoms with van der Waals surface area (Å²) < 4.78 is 65.9. The molecular formula is C21H17ClFNO5S3. The summed E-state index contributed by atoms with van der Waals surface area (Å²) in [5.74, 6) is -1.95. The molecule has 0 saturated carbocycles. The third-order valence-electron chi connectivity index (χ3n) is 4.08. The van der Waals surface area contributed by atoms with Crippen LogP contribution in [0.2, 0.25) is 5.02 Å². The standard InChI is InChI=1S/C21H17ClFNO5S3/c1-14(25)24-31(26,27)13-15-9-16(22)11-17(10-15)30-21-8-7-19(12-20(21)23)32(28,29)18-5-3-2-4-6-18/h2-12H,13H2,1H3,(H,24,25). The predicted molar refractivity (Wildman–Crippen MR) is 120 cm³/mol. The van der Waals surface area contributed by atoms with Crippen LogP contribution in [0.3, 0.4) is 0 Å². The number of carbonyl (C=O) groups excluding carboxylic acids is 1. The van der Waals surface area contributed by atoms with Crippen LogP contribution >= 0.6 is 23.4 Å². The molecular weight excluding hydrogens is 497 g/mol. The molecule has 0 saturated heterocycles. The lowest BCUT2D eigenvalue weighted by Crippen LogP contribution is -2.29. The van der Waals surface area contributed by atoms with Gasteiger partial charge in [0.1, 0.15) is 5.82 Å². The average Bonchev–Trinajstić information content (AvgIpc) is 2.68. The van der Waals surface area contributed by atoms with Crippen LogP contribution in [0.25, 0.3) is 0 Å². The summed E-state index contributed by atoms with van der Waals surface area (Å²) in [6, 6.07) is 15.7. The van der Waals surface area contributed by atoms with E-state index >= 15 is 0 Å². The van der Waals surface area contributed by atoms with Crippen molar-refractivity contribution in [1.29, 1.82) is 0 Å². The molecule has 3 rings (SSSR count). The van der Waals surface area contributed by atoms with E-state index in [0.717, 1.165) is 24.8 Å². The fraction of sp³-hybridized carbons (Fsp3) is 0.0952. The van der Waals surface area contributed by atoms with Gasteiger partial charge in [0.05, 0.1) is 15.5 Å². The van der Waals surface area contributed by atoms with Crippen molar-refractivity contribution in [2.45, 2.75) is 32.3 Å². The van der Waals surface area contributed by atoms with Crippen molar-refractivity contribution in [2.24, 2.45) is 0 Å². The highest BCUT2D eigenvalue weighted by Gasteiger charge is 2.20. The second-order valence-electron chi connectivity index (χ2n) is 6.72. The quantitative estimate of drug-likeness (QED) is 0.502. The van der Waals surface area contributed by atoms with Gasteiger partial charge < -0.3 is 0 Å². The second kappa shape index (κ2) is 9.62. The molecule has 0 aliphatic carbocycles. The molecule has 0 bridgehead atoms. The smallest absolute Gasteiger partial charge is 0.239 e. The highest BCUT2D eigenvalue weighted by molar-refractivity contribution is 7.99. The maximum absolute atomic E-state index is 14.7. The van der Waals surface area contributed by atoms with E-state index in [4.69, 9.17) is 11.6 Å². The number of sulfone groups is 1. The molecule has 1 amide bonds. The molecule has 0 aliphatic rings. The van der Waals surface area contributed by atoms with Crippen LogP contribution in [0, 0.1) is 5.82 Å². The molecule has 3 aromatic rings. The highest BCUT2D eigenvalue weighted by atomic mass is 35.5. The molecule has 168 valence electrons. The van der Waals surface area contributed by atoms with Gasteiger partial charge in [0, 0.05) is 21.7 Å². The lowest BCUT2D eigenvalue weighted by Gasteiger charge is -2.10. The Morgan fingerprint density at radius 1 is 0.969 bits per heavy atom. The Labute approximate surface area is 194 Å². The van der Waals surface area contributed by atoms with E-state index in [0.29, 0.717) is 10.5 Å². The van der Waals surface area contributed by atoms with E-state index in [2.05, 4.69) is 0 Å². The second-order valence-corrected chi connectivity index (χ2v) is 11.9. The zero-order valence-corrected chi connectivity index (χ0v) is 19.8. The minimum Gasteiger partial charge on any atom is -0.274 e. The SMILES string of the molecule is CC(=O)NS(=O)(=O)Cc1cc(Cl)cc(Sc2ccc(S(=O)(=O)c3ccccc3)cc2F)c1. The fourth-order valence-corrected chi connectivity index (χ4v) is 6.51. The molecule has 0 aliphatic heterocycles. The van der Waals surface area contributed by atoms with E-state index in [1.165, 1.54) is 42.5 Å². The Morgan fingerprint density at radius 2 is 1.66 bits per heavy atom. The van der Waals surface area contributed by atoms with Crippen molar-refractivity contribution in [3.05, 3.63) is 83.1 Å². The summed E-state index contributed by atoms with van der Waals surface area (Å²) in [6.07, 6.45) is 0. The fourth-order valence-electron chi connectivity index (χ4n) is 2.83. The molecule has 0 aromatic heterocycles. The van der Waals surface area contributed by atoms with Gasteiger partial charge in [-0.2, -0.15) is 0 Å². The molecule has 0 atom stereocenters. The molecule has 6 nitrogen and oxygen atoms in total. The maximum atomic E-state index is 14.7. The topological polar surface area (TPSA) is 97.4 Å². The maximum Gasteiger partial charge on any atom is 0.239 e. The minimum absolute atomic E-state index is 0.0552. The third kappa shape index (κ3) is 6.10. The first-order valence-electron chi connectivity index (χ1n) is 9.04. The summed E-state index contributed by atoms with van der Waals surface area (Å²) in [7, 11) is -7.77. The van der Waals surface area contributed by atoms with Crippen LogP contribution < -0.4 is 4.72 Å². The summed E-state index contributed by atoms with van der Waals surface area (Å²) in [5.41, 5.74) is 0.303. The Morgan fingerprint density at radius 3 is 2.28 bits per heavy atom. The zero-order valence-electron chi connectivity index (χ0n) is 16.6. The van der Waals surface area contributed by atoms with Crippen molar-refractivity contribution in [3.63, 3.8) is 0 Å². The zero-order chi connectivity index (χ0) is 23.5. The summed E-state index contributed by atoms with van der Waals surface area (Å²) in [5, 5.41) is 0.228. The Bertz CT molecular complexity index is 1380. The predicted octanol–water partition coefficient (Wildman–Crippen LogP) is 4.43. The van der Waals surface area contributed by atoms with Gasteiger partial charge in [-0.1, -0.05) is 41.6 Å². The number of nitrogens with one attached hydrogen (secondary N) is 1. The van der Waals surface area contributed by atoms with E-state index in [1.807, 2.05) is 4.72 Å². The number of carbonyl (C=O) groups is 1. The van der Waals surface area contributed by atoms with Crippen molar-refractivity contribution >= 4 is 49.1 Å². The number of hydrogen-bond donors (Lipinski definition) is 1. The third-order valence-corrected chi connectivity index (χ3v) is 8.40. The van der Waals surface area contributed by atoms with Crippen molar-refractivity contribution in [3.8, 4) is 0 Å². The average molecular weight is 514 g/mol. The van der Waals surface area contributed by atoms with Crippen LogP contribution in [0.1, 0.15) is 12.5 Å². The molecule has 0 fully saturated rings. The largest absolute Gasteiger partial charge is 0.274 e. The molecule has 3 aromatic carbocycles. The van der Waals surface area contributed by atoms with Crippen LogP contribution in [0.15, 0.2) is 86.3 Å². The van der Waals surface area contributed by atoms with Gasteiger partial charge in [-0.25, -0.2) is 21.2 Å². The summed E-state index contributed by atoms with van der Waals surface area (Å²) >= 11 is 7.04. The number of hydrogen-bond acceptors (Lipinski definition) is 6. The normalized spacial score (nSPS) is 11.8. The highest BCUT2D eigenvalue weighted by Crippen LogP contribution is 2.34. The Kier molecular flexibility index (Phi) is 7.29. The number of halogens is 2. The molecule has 0 spiro atoms. The lowest BCUT2D eigenvalue weighted by atomic mass is 10.2. The summed E-state index contributed by atoms with van der Waals surface area (Å²) in [6.45, 7) is 1.08. The van der Waals surface area contributed by atoms with Crippen molar-refractivity contribution < 1.29 is 26.0 Å². The van der Waals surface area contributed by atoms with Gasteiger partial charge in [0.25, 0.3) is 0 Å². The van der Waals surface area contributed by atoms with Gasteiger partial charge in [0.15, 0.2) is 0 Å². The molecule has 0 unspecified atom stereocenters. The number of amides is 1. The van der Waals surface area contributed by atoms with Crippen molar-refractivity contribution in [1.82, 2.24) is 4.72 Å².